The molecule has 0 aliphatic heterocycles. The monoisotopic (exact) mass is 491 g/mol. The van der Waals surface area contributed by atoms with E-state index in [9.17, 15) is 10.1 Å². The fourth-order valence-electron chi connectivity index (χ4n) is 4.44. The highest BCUT2D eigenvalue weighted by molar-refractivity contribution is 5.85. The van der Waals surface area contributed by atoms with Gasteiger partial charge in [0.2, 0.25) is 5.75 Å². The van der Waals surface area contributed by atoms with Gasteiger partial charge in [-0.3, -0.25) is 10.1 Å². The molecule has 0 atom stereocenters. The Labute approximate surface area is 210 Å². The number of nitro benzene ring substituents is 1. The molecule has 8 nitrogen and oxygen atoms in total. The fraction of sp³-hybridized carbons (Fsp3) is 0.286. The van der Waals surface area contributed by atoms with Gasteiger partial charge in [-0.1, -0.05) is 12.1 Å². The number of hydrogen-bond donors (Lipinski definition) is 0. The molecule has 0 spiro atoms. The van der Waals surface area contributed by atoms with Gasteiger partial charge in [0.05, 0.1) is 33.4 Å². The van der Waals surface area contributed by atoms with E-state index in [-0.39, 0.29) is 12.3 Å². The molecule has 0 fully saturated rings. The quantitative estimate of drug-likeness (QED) is 0.269. The summed E-state index contributed by atoms with van der Waals surface area (Å²) in [4.78, 5) is 10.5. The molecule has 0 aromatic heterocycles. The largest absolute Gasteiger partial charge is 0.493 e. The van der Waals surface area contributed by atoms with Crippen molar-refractivity contribution >= 4 is 11.3 Å². The van der Waals surface area contributed by atoms with Crippen LogP contribution in [0.1, 0.15) is 35.1 Å². The third-order valence-corrected chi connectivity index (χ3v) is 6.22. The van der Waals surface area contributed by atoms with Crippen LogP contribution >= 0.6 is 0 Å². The van der Waals surface area contributed by atoms with Gasteiger partial charge in [0.15, 0.2) is 23.0 Å². The van der Waals surface area contributed by atoms with Crippen LogP contribution in [0.15, 0.2) is 54.6 Å². The molecular formula is C28H29NO7. The molecule has 3 aromatic rings. The van der Waals surface area contributed by atoms with Crippen molar-refractivity contribution in [3.63, 3.8) is 0 Å². The van der Waals surface area contributed by atoms with Gasteiger partial charge in [-0.25, -0.2) is 0 Å². The van der Waals surface area contributed by atoms with Crippen LogP contribution in [0.25, 0.3) is 5.57 Å². The minimum absolute atomic E-state index is 0.0463. The van der Waals surface area contributed by atoms with Crippen LogP contribution < -0.4 is 23.7 Å². The maximum Gasteiger partial charge on any atom is 0.269 e. The molecule has 8 heteroatoms. The summed E-state index contributed by atoms with van der Waals surface area (Å²) >= 11 is 0. The molecule has 0 N–H and O–H groups in total. The number of non-ortho nitro benzene ring substituents is 1. The van der Waals surface area contributed by atoms with Crippen molar-refractivity contribution in [3.05, 3.63) is 87.0 Å². The summed E-state index contributed by atoms with van der Waals surface area (Å²) in [5.41, 5.74) is 4.96. The molecule has 0 radical (unpaired) electrons. The molecule has 188 valence electrons. The molecule has 0 bridgehead atoms. The van der Waals surface area contributed by atoms with Gasteiger partial charge in [-0.05, 0) is 71.9 Å². The second-order valence-corrected chi connectivity index (χ2v) is 8.26. The average Bonchev–Trinajstić information content (AvgIpc) is 3.13. The Morgan fingerprint density at radius 3 is 2.08 bits per heavy atom. The Hall–Kier alpha value is -4.20. The van der Waals surface area contributed by atoms with Gasteiger partial charge in [0.1, 0.15) is 6.61 Å². The number of hydrogen-bond acceptors (Lipinski definition) is 7. The van der Waals surface area contributed by atoms with E-state index in [1.54, 1.807) is 40.6 Å². The lowest BCUT2D eigenvalue weighted by Crippen LogP contribution is -2.04. The molecule has 0 unspecified atom stereocenters. The van der Waals surface area contributed by atoms with E-state index in [1.807, 2.05) is 24.3 Å². The maximum absolute atomic E-state index is 11.0. The van der Waals surface area contributed by atoms with Crippen molar-refractivity contribution in [2.24, 2.45) is 0 Å². The summed E-state index contributed by atoms with van der Waals surface area (Å²) in [5, 5.41) is 11.0. The van der Waals surface area contributed by atoms with Crippen LogP contribution in [0.2, 0.25) is 0 Å². The predicted molar refractivity (Wildman–Crippen MR) is 137 cm³/mol. The smallest absolute Gasteiger partial charge is 0.269 e. The number of fused-ring (bicyclic) bond motifs is 1. The summed E-state index contributed by atoms with van der Waals surface area (Å²) in [5.74, 6) is 3.03. The summed E-state index contributed by atoms with van der Waals surface area (Å²) in [6, 6.07) is 14.2. The van der Waals surface area contributed by atoms with Crippen molar-refractivity contribution in [2.75, 3.05) is 28.4 Å². The highest BCUT2D eigenvalue weighted by Crippen LogP contribution is 2.45. The predicted octanol–water partition coefficient (Wildman–Crippen LogP) is 5.98. The van der Waals surface area contributed by atoms with Gasteiger partial charge in [-0.2, -0.15) is 0 Å². The standard InChI is InChI=1S/C28H29NO7/c1-32-24-14-13-22-21(19-15-25(33-2)28(35-4)26(16-19)34-3)7-5-6-8-23(22)27(24)36-17-18-9-11-20(12-10-18)29(30)31/h7,9-16H,5-6,8,17H2,1-4H3. The van der Waals surface area contributed by atoms with Crippen LogP contribution in [-0.4, -0.2) is 33.4 Å². The normalized spacial score (nSPS) is 12.6. The Morgan fingerprint density at radius 1 is 0.833 bits per heavy atom. The van der Waals surface area contributed by atoms with E-state index in [0.29, 0.717) is 28.7 Å². The molecular weight excluding hydrogens is 462 g/mol. The van der Waals surface area contributed by atoms with E-state index in [4.69, 9.17) is 23.7 Å². The first kappa shape index (κ1) is 24.9. The zero-order valence-corrected chi connectivity index (χ0v) is 20.8. The molecule has 0 saturated heterocycles. The van der Waals surface area contributed by atoms with Crippen LogP contribution in [0.4, 0.5) is 5.69 Å². The first-order valence-corrected chi connectivity index (χ1v) is 11.6. The minimum Gasteiger partial charge on any atom is -0.493 e. The van der Waals surface area contributed by atoms with Crippen molar-refractivity contribution in [2.45, 2.75) is 25.9 Å². The van der Waals surface area contributed by atoms with Crippen LogP contribution in [0, 0.1) is 10.1 Å². The topological polar surface area (TPSA) is 89.3 Å². The van der Waals surface area contributed by atoms with Gasteiger partial charge in [-0.15, -0.1) is 0 Å². The third kappa shape index (κ3) is 4.93. The van der Waals surface area contributed by atoms with E-state index in [0.717, 1.165) is 47.1 Å². The lowest BCUT2D eigenvalue weighted by atomic mass is 9.92. The molecule has 1 aliphatic carbocycles. The molecule has 0 amide bonds. The number of benzene rings is 3. The van der Waals surface area contributed by atoms with E-state index in [1.165, 1.54) is 12.1 Å². The summed E-state index contributed by atoms with van der Waals surface area (Å²) in [6.07, 6.45) is 4.87. The number of allylic oxidation sites excluding steroid dienone is 1. The van der Waals surface area contributed by atoms with Crippen LogP contribution in [0.3, 0.4) is 0 Å². The van der Waals surface area contributed by atoms with E-state index < -0.39 is 4.92 Å². The Bertz CT molecular complexity index is 1260. The highest BCUT2D eigenvalue weighted by Gasteiger charge is 2.23. The number of nitro groups is 1. The molecule has 36 heavy (non-hydrogen) atoms. The lowest BCUT2D eigenvalue weighted by Gasteiger charge is -2.20. The third-order valence-electron chi connectivity index (χ3n) is 6.22. The van der Waals surface area contributed by atoms with Gasteiger partial charge in [0.25, 0.3) is 5.69 Å². The fourth-order valence-corrected chi connectivity index (χ4v) is 4.44. The summed E-state index contributed by atoms with van der Waals surface area (Å²) < 4.78 is 28.6. The van der Waals surface area contributed by atoms with Crippen molar-refractivity contribution in [3.8, 4) is 28.7 Å². The average molecular weight is 492 g/mol. The molecule has 0 heterocycles. The highest BCUT2D eigenvalue weighted by atomic mass is 16.6. The Balaban J connectivity index is 1.74. The summed E-state index contributed by atoms with van der Waals surface area (Å²) in [6.45, 7) is 0.258. The second kappa shape index (κ2) is 11.0. The van der Waals surface area contributed by atoms with Crippen molar-refractivity contribution < 1.29 is 28.6 Å². The maximum atomic E-state index is 11.0. The van der Waals surface area contributed by atoms with E-state index in [2.05, 4.69) is 6.08 Å². The number of methoxy groups -OCH3 is 4. The van der Waals surface area contributed by atoms with Gasteiger partial charge in [0, 0.05) is 17.7 Å². The zero-order valence-electron chi connectivity index (χ0n) is 20.8. The first-order chi connectivity index (χ1) is 17.5. The first-order valence-electron chi connectivity index (χ1n) is 11.6. The van der Waals surface area contributed by atoms with Crippen LogP contribution in [0.5, 0.6) is 28.7 Å². The molecule has 4 rings (SSSR count). The Morgan fingerprint density at radius 2 is 1.50 bits per heavy atom. The van der Waals surface area contributed by atoms with Crippen LogP contribution in [-0.2, 0) is 13.0 Å². The number of rotatable bonds is 9. The SMILES string of the molecule is COc1cc(C2=CCCCc3c2ccc(OC)c3OCc2ccc([N+](=O)[O-])cc2)cc(OC)c1OC. The molecule has 0 saturated carbocycles. The Kier molecular flexibility index (Phi) is 7.63. The zero-order chi connectivity index (χ0) is 25.7. The minimum atomic E-state index is -0.415. The van der Waals surface area contributed by atoms with Gasteiger partial charge >= 0.3 is 0 Å². The second-order valence-electron chi connectivity index (χ2n) is 8.26. The molecule has 1 aliphatic rings. The lowest BCUT2D eigenvalue weighted by molar-refractivity contribution is -0.384. The van der Waals surface area contributed by atoms with E-state index >= 15 is 0 Å². The van der Waals surface area contributed by atoms with Crippen molar-refractivity contribution in [1.29, 1.82) is 0 Å². The number of ether oxygens (including phenoxy) is 5. The molecule has 3 aromatic carbocycles. The van der Waals surface area contributed by atoms with Crippen molar-refractivity contribution in [1.82, 2.24) is 0 Å². The summed E-state index contributed by atoms with van der Waals surface area (Å²) in [7, 11) is 6.41. The van der Waals surface area contributed by atoms with Gasteiger partial charge < -0.3 is 23.7 Å². The number of nitrogens with zero attached hydrogens (tertiary/aromatic N) is 1.